The van der Waals surface area contributed by atoms with Gasteiger partial charge in [0.1, 0.15) is 0 Å². The Bertz CT molecular complexity index is 206. The molecule has 0 bridgehead atoms. The van der Waals surface area contributed by atoms with Crippen molar-refractivity contribution in [2.75, 3.05) is 25.1 Å². The molecule has 17 heavy (non-hydrogen) atoms. The summed E-state index contributed by atoms with van der Waals surface area (Å²) in [5, 5.41) is 6.86. The number of hydrogen-bond donors (Lipinski definition) is 2. The SMILES string of the molecule is CCNC(=NCCSC)NC1CCCCC1.I. The molecule has 0 amide bonds. The number of halogens is 1. The van der Waals surface area contributed by atoms with E-state index >= 15 is 0 Å². The minimum atomic E-state index is 0. The van der Waals surface area contributed by atoms with Gasteiger partial charge < -0.3 is 10.6 Å². The minimum Gasteiger partial charge on any atom is -0.357 e. The first kappa shape index (κ1) is 17.4. The van der Waals surface area contributed by atoms with Crippen molar-refractivity contribution < 1.29 is 0 Å². The van der Waals surface area contributed by atoms with E-state index < -0.39 is 0 Å². The Morgan fingerprint density at radius 3 is 2.59 bits per heavy atom. The molecule has 0 unspecified atom stereocenters. The zero-order valence-electron chi connectivity index (χ0n) is 11.0. The van der Waals surface area contributed by atoms with Crippen molar-refractivity contribution in [1.29, 1.82) is 0 Å². The van der Waals surface area contributed by atoms with Crippen molar-refractivity contribution in [3.8, 4) is 0 Å². The molecule has 0 atom stereocenters. The number of rotatable bonds is 5. The van der Waals surface area contributed by atoms with E-state index in [1.807, 2.05) is 11.8 Å². The van der Waals surface area contributed by atoms with Crippen molar-refractivity contribution in [3.63, 3.8) is 0 Å². The molecule has 0 spiro atoms. The number of thioether (sulfide) groups is 1. The molecular weight excluding hydrogens is 345 g/mol. The summed E-state index contributed by atoms with van der Waals surface area (Å²) in [6.07, 6.45) is 8.85. The van der Waals surface area contributed by atoms with Crippen molar-refractivity contribution in [2.45, 2.75) is 45.1 Å². The Labute approximate surface area is 127 Å². The Hall–Kier alpha value is 0.350. The van der Waals surface area contributed by atoms with Gasteiger partial charge in [-0.2, -0.15) is 11.8 Å². The van der Waals surface area contributed by atoms with Crippen LogP contribution in [-0.4, -0.2) is 37.1 Å². The second kappa shape index (κ2) is 11.4. The zero-order chi connectivity index (χ0) is 11.6. The van der Waals surface area contributed by atoms with Crippen LogP contribution in [0.5, 0.6) is 0 Å². The predicted octanol–water partition coefficient (Wildman–Crippen LogP) is 2.86. The number of nitrogens with zero attached hydrogens (tertiary/aromatic N) is 1. The van der Waals surface area contributed by atoms with Gasteiger partial charge in [0, 0.05) is 18.3 Å². The van der Waals surface area contributed by atoms with Crippen LogP contribution < -0.4 is 10.6 Å². The molecule has 0 aromatic carbocycles. The topological polar surface area (TPSA) is 36.4 Å². The second-order valence-corrected chi connectivity index (χ2v) is 5.22. The Morgan fingerprint density at radius 2 is 2.00 bits per heavy atom. The Kier molecular flexibility index (Phi) is 11.7. The van der Waals surface area contributed by atoms with Gasteiger partial charge in [-0.05, 0) is 26.0 Å². The predicted molar refractivity (Wildman–Crippen MR) is 89.8 cm³/mol. The fourth-order valence-corrected chi connectivity index (χ4v) is 2.28. The van der Waals surface area contributed by atoms with Gasteiger partial charge >= 0.3 is 0 Å². The van der Waals surface area contributed by atoms with E-state index in [4.69, 9.17) is 0 Å². The van der Waals surface area contributed by atoms with Gasteiger partial charge in [-0.1, -0.05) is 19.3 Å². The molecule has 3 nitrogen and oxygen atoms in total. The largest absolute Gasteiger partial charge is 0.357 e. The van der Waals surface area contributed by atoms with E-state index in [-0.39, 0.29) is 24.0 Å². The number of hydrogen-bond acceptors (Lipinski definition) is 2. The van der Waals surface area contributed by atoms with E-state index in [1.54, 1.807) is 0 Å². The molecule has 1 saturated carbocycles. The molecule has 102 valence electrons. The lowest BCUT2D eigenvalue weighted by Crippen LogP contribution is -2.44. The average Bonchev–Trinajstić information content (AvgIpc) is 2.31. The van der Waals surface area contributed by atoms with E-state index in [1.165, 1.54) is 32.1 Å². The third-order valence-corrected chi connectivity index (χ3v) is 3.45. The van der Waals surface area contributed by atoms with Gasteiger partial charge in [0.05, 0.1) is 6.54 Å². The average molecular weight is 371 g/mol. The molecule has 0 aromatic rings. The van der Waals surface area contributed by atoms with E-state index in [0.717, 1.165) is 24.8 Å². The molecule has 2 N–H and O–H groups in total. The summed E-state index contributed by atoms with van der Waals surface area (Å²) < 4.78 is 0. The maximum Gasteiger partial charge on any atom is 0.191 e. The normalized spacial score (nSPS) is 17.4. The highest BCUT2D eigenvalue weighted by Gasteiger charge is 2.13. The number of aliphatic imine (C=N–C) groups is 1. The first-order valence-electron chi connectivity index (χ1n) is 6.40. The molecular formula is C12H26IN3S. The van der Waals surface area contributed by atoms with Crippen LogP contribution >= 0.6 is 35.7 Å². The van der Waals surface area contributed by atoms with Crippen molar-refractivity contribution in [1.82, 2.24) is 10.6 Å². The number of guanidine groups is 1. The van der Waals surface area contributed by atoms with Crippen LogP contribution in [0.3, 0.4) is 0 Å². The molecule has 1 fully saturated rings. The molecule has 1 aliphatic rings. The summed E-state index contributed by atoms with van der Waals surface area (Å²) >= 11 is 1.85. The highest BCUT2D eigenvalue weighted by atomic mass is 127. The Balaban J connectivity index is 0.00000256. The van der Waals surface area contributed by atoms with Gasteiger partial charge in [0.2, 0.25) is 0 Å². The monoisotopic (exact) mass is 371 g/mol. The van der Waals surface area contributed by atoms with Crippen LogP contribution in [0.15, 0.2) is 4.99 Å². The summed E-state index contributed by atoms with van der Waals surface area (Å²) in [5.74, 6) is 2.10. The van der Waals surface area contributed by atoms with Gasteiger partial charge in [-0.15, -0.1) is 24.0 Å². The van der Waals surface area contributed by atoms with Crippen LogP contribution in [0.2, 0.25) is 0 Å². The first-order valence-corrected chi connectivity index (χ1v) is 7.80. The molecule has 5 heteroatoms. The van der Waals surface area contributed by atoms with E-state index in [0.29, 0.717) is 6.04 Å². The molecule has 0 heterocycles. The lowest BCUT2D eigenvalue weighted by Gasteiger charge is -2.24. The summed E-state index contributed by atoms with van der Waals surface area (Å²) in [7, 11) is 0. The quantitative estimate of drug-likeness (QED) is 0.338. The number of nitrogens with one attached hydrogen (secondary N) is 2. The summed E-state index contributed by atoms with van der Waals surface area (Å²) in [6.45, 7) is 3.97. The zero-order valence-corrected chi connectivity index (χ0v) is 14.1. The molecule has 1 rings (SSSR count). The van der Waals surface area contributed by atoms with E-state index in [9.17, 15) is 0 Å². The summed E-state index contributed by atoms with van der Waals surface area (Å²) in [4.78, 5) is 4.57. The maximum absolute atomic E-state index is 4.57. The van der Waals surface area contributed by atoms with Crippen LogP contribution in [0.4, 0.5) is 0 Å². The van der Waals surface area contributed by atoms with Gasteiger partial charge in [0.15, 0.2) is 5.96 Å². The van der Waals surface area contributed by atoms with E-state index in [2.05, 4.69) is 28.8 Å². The molecule has 0 aliphatic heterocycles. The minimum absolute atomic E-state index is 0. The van der Waals surface area contributed by atoms with Crippen LogP contribution in [-0.2, 0) is 0 Å². The van der Waals surface area contributed by atoms with Crippen molar-refractivity contribution >= 4 is 41.7 Å². The van der Waals surface area contributed by atoms with Crippen molar-refractivity contribution in [2.24, 2.45) is 4.99 Å². The highest BCUT2D eigenvalue weighted by Crippen LogP contribution is 2.17. The molecule has 0 aromatic heterocycles. The van der Waals surface area contributed by atoms with Gasteiger partial charge in [-0.25, -0.2) is 0 Å². The van der Waals surface area contributed by atoms with Gasteiger partial charge in [-0.3, -0.25) is 4.99 Å². The lowest BCUT2D eigenvalue weighted by molar-refractivity contribution is 0.410. The second-order valence-electron chi connectivity index (χ2n) is 4.23. The molecule has 0 radical (unpaired) electrons. The lowest BCUT2D eigenvalue weighted by atomic mass is 9.96. The third kappa shape index (κ3) is 8.13. The highest BCUT2D eigenvalue weighted by molar-refractivity contribution is 14.0. The third-order valence-electron chi connectivity index (χ3n) is 2.86. The Morgan fingerprint density at radius 1 is 1.29 bits per heavy atom. The van der Waals surface area contributed by atoms with Crippen LogP contribution in [0, 0.1) is 0 Å². The summed E-state index contributed by atoms with van der Waals surface area (Å²) in [6, 6.07) is 0.640. The smallest absolute Gasteiger partial charge is 0.191 e. The summed E-state index contributed by atoms with van der Waals surface area (Å²) in [5.41, 5.74) is 0. The molecule has 0 saturated heterocycles. The van der Waals surface area contributed by atoms with Crippen LogP contribution in [0.25, 0.3) is 0 Å². The molecule has 1 aliphatic carbocycles. The fourth-order valence-electron chi connectivity index (χ4n) is 2.01. The van der Waals surface area contributed by atoms with Crippen LogP contribution in [0.1, 0.15) is 39.0 Å². The maximum atomic E-state index is 4.57. The standard InChI is InChI=1S/C12H25N3S.HI/c1-3-13-12(14-9-10-16-2)15-11-7-5-4-6-8-11;/h11H,3-10H2,1-2H3,(H2,13,14,15);1H. The van der Waals surface area contributed by atoms with Crippen molar-refractivity contribution in [3.05, 3.63) is 0 Å². The fraction of sp³-hybridized carbons (Fsp3) is 0.917. The van der Waals surface area contributed by atoms with Gasteiger partial charge in [0.25, 0.3) is 0 Å². The first-order chi connectivity index (χ1) is 7.86.